The fourth-order valence-corrected chi connectivity index (χ4v) is 3.99. The zero-order valence-electron chi connectivity index (χ0n) is 14.9. The summed E-state index contributed by atoms with van der Waals surface area (Å²) in [4.78, 5) is 39.9. The Kier molecular flexibility index (Phi) is 4.22. The Balaban J connectivity index is 1.56. The fraction of sp³-hybridized carbons (Fsp3) is 0.350. The SMILES string of the molecule is CC1C(C(=O)O)CCN1C(=O)c1occc1CN1C(=O)Cc2ccccc21. The molecule has 2 unspecified atom stereocenters. The third-order valence-electron chi connectivity index (χ3n) is 5.53. The van der Waals surface area contributed by atoms with E-state index in [0.29, 0.717) is 24.9 Å². The molecule has 1 N–H and O–H groups in total. The van der Waals surface area contributed by atoms with E-state index in [2.05, 4.69) is 0 Å². The number of benzene rings is 1. The van der Waals surface area contributed by atoms with Gasteiger partial charge in [0, 0.05) is 23.8 Å². The summed E-state index contributed by atoms with van der Waals surface area (Å²) >= 11 is 0. The van der Waals surface area contributed by atoms with Crippen molar-refractivity contribution in [1.82, 2.24) is 4.90 Å². The lowest BCUT2D eigenvalue weighted by Gasteiger charge is -2.23. The van der Waals surface area contributed by atoms with Crippen molar-refractivity contribution in [2.45, 2.75) is 32.4 Å². The van der Waals surface area contributed by atoms with Crippen molar-refractivity contribution in [3.8, 4) is 0 Å². The first-order chi connectivity index (χ1) is 13.0. The number of fused-ring (bicyclic) bond motifs is 1. The number of carboxylic acids is 1. The summed E-state index contributed by atoms with van der Waals surface area (Å²) in [6, 6.07) is 8.88. The highest BCUT2D eigenvalue weighted by Gasteiger charge is 2.40. The molecule has 7 heteroatoms. The third kappa shape index (κ3) is 2.89. The molecule has 1 saturated heterocycles. The number of anilines is 1. The Morgan fingerprint density at radius 2 is 2.04 bits per heavy atom. The largest absolute Gasteiger partial charge is 0.481 e. The van der Waals surface area contributed by atoms with Crippen LogP contribution in [-0.2, 0) is 22.6 Å². The van der Waals surface area contributed by atoms with Gasteiger partial charge < -0.3 is 19.3 Å². The van der Waals surface area contributed by atoms with Crippen molar-refractivity contribution >= 4 is 23.5 Å². The van der Waals surface area contributed by atoms with Gasteiger partial charge in [0.25, 0.3) is 5.91 Å². The molecule has 3 heterocycles. The van der Waals surface area contributed by atoms with Gasteiger partial charge in [-0.15, -0.1) is 0 Å². The number of aliphatic carboxylic acids is 1. The number of carbonyl (C=O) groups is 3. The van der Waals surface area contributed by atoms with E-state index in [1.54, 1.807) is 22.8 Å². The van der Waals surface area contributed by atoms with Gasteiger partial charge >= 0.3 is 5.97 Å². The summed E-state index contributed by atoms with van der Waals surface area (Å²) in [6.07, 6.45) is 2.21. The molecule has 1 aromatic heterocycles. The molecule has 0 bridgehead atoms. The predicted molar refractivity (Wildman–Crippen MR) is 96.3 cm³/mol. The van der Waals surface area contributed by atoms with Crippen LogP contribution in [0.25, 0.3) is 0 Å². The second-order valence-electron chi connectivity index (χ2n) is 7.03. The Hall–Kier alpha value is -3.09. The van der Waals surface area contributed by atoms with Crippen molar-refractivity contribution in [1.29, 1.82) is 0 Å². The number of carbonyl (C=O) groups excluding carboxylic acids is 2. The molecular weight excluding hydrogens is 348 g/mol. The zero-order valence-corrected chi connectivity index (χ0v) is 14.9. The van der Waals surface area contributed by atoms with E-state index >= 15 is 0 Å². The van der Waals surface area contributed by atoms with Gasteiger partial charge in [0.2, 0.25) is 5.91 Å². The molecule has 2 aromatic rings. The number of amides is 2. The van der Waals surface area contributed by atoms with Crippen LogP contribution in [0.15, 0.2) is 41.0 Å². The molecule has 4 rings (SSSR count). The first-order valence-corrected chi connectivity index (χ1v) is 8.95. The van der Waals surface area contributed by atoms with E-state index < -0.39 is 17.9 Å². The number of rotatable bonds is 4. The van der Waals surface area contributed by atoms with E-state index in [9.17, 15) is 19.5 Å². The van der Waals surface area contributed by atoms with Gasteiger partial charge in [-0.05, 0) is 31.0 Å². The highest BCUT2D eigenvalue weighted by molar-refractivity contribution is 6.01. The van der Waals surface area contributed by atoms with Gasteiger partial charge in [-0.3, -0.25) is 14.4 Å². The number of carboxylic acid groups (broad SMARTS) is 1. The summed E-state index contributed by atoms with van der Waals surface area (Å²) in [6.45, 7) is 2.37. The third-order valence-corrected chi connectivity index (χ3v) is 5.53. The molecule has 7 nitrogen and oxygen atoms in total. The molecule has 0 aliphatic carbocycles. The van der Waals surface area contributed by atoms with Crippen LogP contribution in [0.4, 0.5) is 5.69 Å². The minimum Gasteiger partial charge on any atom is -0.481 e. The van der Waals surface area contributed by atoms with Crippen molar-refractivity contribution in [2.75, 3.05) is 11.4 Å². The summed E-state index contributed by atoms with van der Waals surface area (Å²) in [7, 11) is 0. The Morgan fingerprint density at radius 1 is 1.26 bits per heavy atom. The van der Waals surface area contributed by atoms with E-state index in [0.717, 1.165) is 11.3 Å². The minimum atomic E-state index is -0.892. The Bertz CT molecular complexity index is 919. The topological polar surface area (TPSA) is 91.1 Å². The lowest BCUT2D eigenvalue weighted by atomic mass is 10.0. The highest BCUT2D eigenvalue weighted by Crippen LogP contribution is 2.32. The molecule has 2 amide bonds. The van der Waals surface area contributed by atoms with E-state index in [1.165, 1.54) is 6.26 Å². The molecule has 0 radical (unpaired) electrons. The van der Waals surface area contributed by atoms with Gasteiger partial charge in [0.05, 0.1) is 25.1 Å². The number of para-hydroxylation sites is 1. The smallest absolute Gasteiger partial charge is 0.308 e. The molecule has 1 aromatic carbocycles. The summed E-state index contributed by atoms with van der Waals surface area (Å²) in [5.41, 5.74) is 2.44. The van der Waals surface area contributed by atoms with Gasteiger partial charge in [0.1, 0.15) is 0 Å². The van der Waals surface area contributed by atoms with Crippen LogP contribution >= 0.6 is 0 Å². The van der Waals surface area contributed by atoms with Crippen molar-refractivity contribution in [2.24, 2.45) is 5.92 Å². The maximum Gasteiger partial charge on any atom is 0.308 e. The van der Waals surface area contributed by atoms with Gasteiger partial charge in [-0.25, -0.2) is 0 Å². The molecule has 1 fully saturated rings. The van der Waals surface area contributed by atoms with Crippen LogP contribution < -0.4 is 4.90 Å². The van der Waals surface area contributed by atoms with Crippen LogP contribution in [0.1, 0.15) is 35.0 Å². The summed E-state index contributed by atoms with van der Waals surface area (Å²) < 4.78 is 5.44. The quantitative estimate of drug-likeness (QED) is 0.894. The van der Waals surface area contributed by atoms with Crippen LogP contribution in [0.5, 0.6) is 0 Å². The molecule has 2 aliphatic rings. The van der Waals surface area contributed by atoms with E-state index in [4.69, 9.17) is 4.42 Å². The van der Waals surface area contributed by atoms with Crippen molar-refractivity contribution in [3.05, 3.63) is 53.5 Å². The maximum absolute atomic E-state index is 12.9. The molecule has 2 atom stereocenters. The summed E-state index contributed by atoms with van der Waals surface area (Å²) in [5.74, 6) is -1.64. The molecule has 0 saturated carbocycles. The molecule has 140 valence electrons. The maximum atomic E-state index is 12.9. The second kappa shape index (κ2) is 6.57. The number of hydrogen-bond donors (Lipinski definition) is 1. The minimum absolute atomic E-state index is 0.0173. The zero-order chi connectivity index (χ0) is 19.1. The van der Waals surface area contributed by atoms with Crippen LogP contribution in [0, 0.1) is 5.92 Å². The second-order valence-corrected chi connectivity index (χ2v) is 7.03. The molecule has 2 aliphatic heterocycles. The van der Waals surface area contributed by atoms with Crippen LogP contribution in [-0.4, -0.2) is 40.4 Å². The lowest BCUT2D eigenvalue weighted by Crippen LogP contribution is -2.38. The lowest BCUT2D eigenvalue weighted by molar-refractivity contribution is -0.142. The average molecular weight is 368 g/mol. The standard InChI is InChI=1S/C20H20N2O5/c1-12-15(20(25)26)6-8-21(12)19(24)18-14(7-9-27-18)11-22-16-5-3-2-4-13(16)10-17(22)23/h2-5,7,9,12,15H,6,8,10-11H2,1H3,(H,25,26). The Labute approximate surface area is 156 Å². The predicted octanol–water partition coefficient (Wildman–Crippen LogP) is 2.30. The van der Waals surface area contributed by atoms with Crippen LogP contribution in [0.3, 0.4) is 0 Å². The van der Waals surface area contributed by atoms with E-state index in [-0.39, 0.29) is 24.1 Å². The molecular formula is C20H20N2O5. The van der Waals surface area contributed by atoms with Crippen molar-refractivity contribution in [3.63, 3.8) is 0 Å². The fourth-order valence-electron chi connectivity index (χ4n) is 3.99. The highest BCUT2D eigenvalue weighted by atomic mass is 16.4. The monoisotopic (exact) mass is 368 g/mol. The summed E-state index contributed by atoms with van der Waals surface area (Å²) in [5, 5.41) is 9.27. The van der Waals surface area contributed by atoms with Crippen molar-refractivity contribution < 1.29 is 23.9 Å². The number of likely N-dealkylation sites (tertiary alicyclic amines) is 1. The van der Waals surface area contributed by atoms with Crippen LogP contribution in [0.2, 0.25) is 0 Å². The number of nitrogens with zero attached hydrogens (tertiary/aromatic N) is 2. The van der Waals surface area contributed by atoms with E-state index in [1.807, 2.05) is 24.3 Å². The van der Waals surface area contributed by atoms with Gasteiger partial charge in [0.15, 0.2) is 5.76 Å². The molecule has 27 heavy (non-hydrogen) atoms. The number of furan rings is 1. The molecule has 0 spiro atoms. The first kappa shape index (κ1) is 17.3. The van der Waals surface area contributed by atoms with Gasteiger partial charge in [-0.2, -0.15) is 0 Å². The van der Waals surface area contributed by atoms with Gasteiger partial charge in [-0.1, -0.05) is 18.2 Å². The number of hydrogen-bond acceptors (Lipinski definition) is 4. The average Bonchev–Trinajstić information content (AvgIpc) is 3.33. The first-order valence-electron chi connectivity index (χ1n) is 8.95. The Morgan fingerprint density at radius 3 is 2.78 bits per heavy atom. The normalized spacial score (nSPS) is 21.6.